The molecule has 0 bridgehead atoms. The summed E-state index contributed by atoms with van der Waals surface area (Å²) < 4.78 is 4.73. The van der Waals surface area contributed by atoms with E-state index in [1.165, 1.54) is 0 Å². The highest BCUT2D eigenvalue weighted by atomic mass is 16.5. The molecule has 0 unspecified atom stereocenters. The highest BCUT2D eigenvalue weighted by Gasteiger charge is 2.33. The smallest absolute Gasteiger partial charge is 0.377 e. The van der Waals surface area contributed by atoms with Crippen molar-refractivity contribution in [3.05, 3.63) is 11.7 Å². The Morgan fingerprint density at radius 3 is 2.69 bits per heavy atom. The Balaban J connectivity index is 2.10. The van der Waals surface area contributed by atoms with Gasteiger partial charge in [0.25, 0.3) is 5.82 Å². The first-order valence-electron chi connectivity index (χ1n) is 3.92. The summed E-state index contributed by atoms with van der Waals surface area (Å²) in [6.07, 6.45) is 0.827. The molecule has 1 aliphatic rings. The van der Waals surface area contributed by atoms with Crippen molar-refractivity contribution < 1.29 is 19.5 Å². The van der Waals surface area contributed by atoms with Gasteiger partial charge in [-0.15, -0.1) is 0 Å². The molecule has 0 amide bonds. The molecule has 1 saturated carbocycles. The number of rotatable bonds is 2. The molecule has 0 aromatic carbocycles. The summed E-state index contributed by atoms with van der Waals surface area (Å²) in [7, 11) is 0. The minimum absolute atomic E-state index is 0.0237. The third kappa shape index (κ3) is 1.40. The minimum Gasteiger partial charge on any atom is -0.475 e. The van der Waals surface area contributed by atoms with Gasteiger partial charge in [-0.2, -0.15) is 4.98 Å². The molecule has 1 heterocycles. The van der Waals surface area contributed by atoms with Crippen molar-refractivity contribution in [1.82, 2.24) is 10.1 Å². The van der Waals surface area contributed by atoms with Gasteiger partial charge in [0, 0.05) is 5.92 Å². The molecule has 0 spiro atoms. The molecule has 1 aromatic heterocycles. The minimum atomic E-state index is -1.20. The predicted octanol–water partition coefficient (Wildman–Crippen LogP) is 0.00610. The van der Waals surface area contributed by atoms with E-state index in [9.17, 15) is 4.79 Å². The lowest BCUT2D eigenvalue weighted by atomic mass is 9.82. The van der Waals surface area contributed by atoms with Gasteiger partial charge < -0.3 is 14.7 Å². The average molecular weight is 184 g/mol. The molecule has 2 N–H and O–H groups in total. The fourth-order valence-electron chi connectivity index (χ4n) is 1.28. The molecular formula is C7H8N2O4. The first-order chi connectivity index (χ1) is 6.16. The summed E-state index contributed by atoms with van der Waals surface area (Å²) >= 11 is 0. The second-order valence-corrected chi connectivity index (χ2v) is 3.08. The predicted molar refractivity (Wildman–Crippen MR) is 39.2 cm³/mol. The van der Waals surface area contributed by atoms with Crippen molar-refractivity contribution in [2.45, 2.75) is 24.9 Å². The number of carboxylic acid groups (broad SMARTS) is 1. The van der Waals surface area contributed by atoms with Crippen LogP contribution in [0.25, 0.3) is 0 Å². The third-order valence-electron chi connectivity index (χ3n) is 2.10. The van der Waals surface area contributed by atoms with Crippen molar-refractivity contribution in [2.75, 3.05) is 0 Å². The van der Waals surface area contributed by atoms with Crippen LogP contribution in [0.3, 0.4) is 0 Å². The zero-order valence-corrected chi connectivity index (χ0v) is 6.67. The summed E-state index contributed by atoms with van der Waals surface area (Å²) in [5.41, 5.74) is 0. The number of nitrogens with zero attached hydrogens (tertiary/aromatic N) is 2. The Kier molecular flexibility index (Phi) is 1.77. The van der Waals surface area contributed by atoms with E-state index in [2.05, 4.69) is 10.1 Å². The fraction of sp³-hybridized carbons (Fsp3) is 0.571. The molecule has 0 saturated heterocycles. The largest absolute Gasteiger partial charge is 0.475 e. The summed E-state index contributed by atoms with van der Waals surface area (Å²) in [4.78, 5) is 14.1. The lowest BCUT2D eigenvalue weighted by Crippen LogP contribution is -2.26. The molecule has 0 aliphatic heterocycles. The lowest BCUT2D eigenvalue weighted by molar-refractivity contribution is 0.0623. The van der Waals surface area contributed by atoms with Crippen LogP contribution in [0.15, 0.2) is 4.52 Å². The number of hydrogen-bond donors (Lipinski definition) is 2. The number of carboxylic acids is 1. The summed E-state index contributed by atoms with van der Waals surface area (Å²) in [5, 5.41) is 20.8. The molecule has 70 valence electrons. The molecule has 0 atom stereocenters. The van der Waals surface area contributed by atoms with Crippen LogP contribution in [-0.4, -0.2) is 32.4 Å². The van der Waals surface area contributed by atoms with Gasteiger partial charge in [0.05, 0.1) is 6.10 Å². The molecule has 0 radical (unpaired) electrons. The highest BCUT2D eigenvalue weighted by Crippen LogP contribution is 2.35. The Labute approximate surface area is 73.2 Å². The quantitative estimate of drug-likeness (QED) is 0.671. The van der Waals surface area contributed by atoms with E-state index in [1.54, 1.807) is 0 Å². The van der Waals surface area contributed by atoms with Crippen LogP contribution < -0.4 is 0 Å². The van der Waals surface area contributed by atoms with Crippen LogP contribution >= 0.6 is 0 Å². The van der Waals surface area contributed by atoms with Gasteiger partial charge in [-0.25, -0.2) is 4.79 Å². The SMILES string of the molecule is O=C(O)c1noc(C2CC(O)C2)n1. The standard InChI is InChI=1S/C7H8N2O4/c10-4-1-3(2-4)6-8-5(7(11)12)9-13-6/h3-4,10H,1-2H2,(H,11,12). The van der Waals surface area contributed by atoms with Gasteiger partial charge in [0.2, 0.25) is 5.89 Å². The maximum Gasteiger partial charge on any atom is 0.377 e. The number of aliphatic hydroxyl groups is 1. The van der Waals surface area contributed by atoms with Gasteiger partial charge in [-0.1, -0.05) is 0 Å². The van der Waals surface area contributed by atoms with Crippen LogP contribution in [-0.2, 0) is 0 Å². The van der Waals surface area contributed by atoms with Crippen LogP contribution in [0.4, 0.5) is 0 Å². The van der Waals surface area contributed by atoms with Gasteiger partial charge in [-0.3, -0.25) is 0 Å². The van der Waals surface area contributed by atoms with Crippen molar-refractivity contribution in [2.24, 2.45) is 0 Å². The molecule has 6 nitrogen and oxygen atoms in total. The number of aromatic nitrogens is 2. The third-order valence-corrected chi connectivity index (χ3v) is 2.10. The number of aliphatic hydroxyl groups excluding tert-OH is 1. The van der Waals surface area contributed by atoms with Crippen LogP contribution in [0.5, 0.6) is 0 Å². The van der Waals surface area contributed by atoms with E-state index < -0.39 is 5.97 Å². The fourth-order valence-corrected chi connectivity index (χ4v) is 1.28. The van der Waals surface area contributed by atoms with E-state index in [0.717, 1.165) is 0 Å². The lowest BCUT2D eigenvalue weighted by Gasteiger charge is -2.27. The molecule has 1 aromatic rings. The zero-order chi connectivity index (χ0) is 9.42. The first-order valence-corrected chi connectivity index (χ1v) is 3.92. The van der Waals surface area contributed by atoms with E-state index in [1.807, 2.05) is 0 Å². The Morgan fingerprint density at radius 2 is 2.23 bits per heavy atom. The number of hydrogen-bond acceptors (Lipinski definition) is 5. The van der Waals surface area contributed by atoms with Crippen LogP contribution in [0.2, 0.25) is 0 Å². The zero-order valence-electron chi connectivity index (χ0n) is 6.67. The van der Waals surface area contributed by atoms with Gasteiger partial charge >= 0.3 is 5.97 Å². The maximum atomic E-state index is 10.4. The summed E-state index contributed by atoms with van der Waals surface area (Å²) in [6, 6.07) is 0. The Bertz CT molecular complexity index is 329. The van der Waals surface area contributed by atoms with Crippen molar-refractivity contribution in [3.63, 3.8) is 0 Å². The molecule has 1 fully saturated rings. The van der Waals surface area contributed by atoms with E-state index >= 15 is 0 Å². The Hall–Kier alpha value is -1.43. The Morgan fingerprint density at radius 1 is 1.54 bits per heavy atom. The normalized spacial score (nSPS) is 26.8. The number of aromatic carboxylic acids is 1. The van der Waals surface area contributed by atoms with Gasteiger partial charge in [0.1, 0.15) is 0 Å². The van der Waals surface area contributed by atoms with Crippen molar-refractivity contribution in [1.29, 1.82) is 0 Å². The van der Waals surface area contributed by atoms with E-state index in [0.29, 0.717) is 18.7 Å². The van der Waals surface area contributed by atoms with Gasteiger partial charge in [0.15, 0.2) is 0 Å². The number of carbonyl (C=O) groups is 1. The topological polar surface area (TPSA) is 96.5 Å². The van der Waals surface area contributed by atoms with Crippen molar-refractivity contribution in [3.8, 4) is 0 Å². The van der Waals surface area contributed by atoms with E-state index in [4.69, 9.17) is 14.7 Å². The summed E-state index contributed by atoms with van der Waals surface area (Å²) in [5.74, 6) is -1.19. The maximum absolute atomic E-state index is 10.4. The highest BCUT2D eigenvalue weighted by molar-refractivity contribution is 5.82. The van der Waals surface area contributed by atoms with Crippen LogP contribution in [0.1, 0.15) is 35.3 Å². The van der Waals surface area contributed by atoms with Crippen LogP contribution in [0, 0.1) is 0 Å². The van der Waals surface area contributed by atoms with Gasteiger partial charge in [-0.05, 0) is 18.0 Å². The molecular weight excluding hydrogens is 176 g/mol. The average Bonchev–Trinajstić information content (AvgIpc) is 2.46. The molecule has 2 rings (SSSR count). The van der Waals surface area contributed by atoms with Crippen molar-refractivity contribution >= 4 is 5.97 Å². The first kappa shape index (κ1) is 8.18. The van der Waals surface area contributed by atoms with E-state index in [-0.39, 0.29) is 17.8 Å². The molecule has 6 heteroatoms. The second kappa shape index (κ2) is 2.81. The molecule has 1 aliphatic carbocycles. The summed E-state index contributed by atoms with van der Waals surface area (Å²) in [6.45, 7) is 0. The molecule has 13 heavy (non-hydrogen) atoms. The monoisotopic (exact) mass is 184 g/mol. The second-order valence-electron chi connectivity index (χ2n) is 3.08.